The van der Waals surface area contributed by atoms with E-state index in [9.17, 15) is 19.7 Å². The number of fused-ring (bicyclic) bond motifs is 1. The molecule has 3 aromatic carbocycles. The fourth-order valence-electron chi connectivity index (χ4n) is 4.50. The van der Waals surface area contributed by atoms with Gasteiger partial charge < -0.3 is 18.8 Å². The van der Waals surface area contributed by atoms with E-state index in [1.165, 1.54) is 31.2 Å². The summed E-state index contributed by atoms with van der Waals surface area (Å²) in [6.07, 6.45) is 0.677. The number of para-hydroxylation sites is 1. The molecule has 1 heterocycles. The van der Waals surface area contributed by atoms with Crippen molar-refractivity contribution in [1.82, 2.24) is 4.57 Å². The van der Waals surface area contributed by atoms with Gasteiger partial charge in [0.25, 0.3) is 5.69 Å². The minimum absolute atomic E-state index is 0.116. The van der Waals surface area contributed by atoms with E-state index in [-0.39, 0.29) is 22.8 Å². The molecule has 0 aliphatic heterocycles. The Hall–Kier alpha value is -4.66. The summed E-state index contributed by atoms with van der Waals surface area (Å²) in [5.41, 5.74) is 2.70. The van der Waals surface area contributed by atoms with E-state index in [1.54, 1.807) is 32.4 Å². The Morgan fingerprint density at radius 2 is 1.70 bits per heavy atom. The number of esters is 1. The Balaban J connectivity index is 1.66. The van der Waals surface area contributed by atoms with E-state index < -0.39 is 10.9 Å². The van der Waals surface area contributed by atoms with Crippen molar-refractivity contribution in [3.8, 4) is 17.2 Å². The van der Waals surface area contributed by atoms with Crippen molar-refractivity contribution in [2.75, 3.05) is 14.2 Å². The molecule has 9 nitrogen and oxygen atoms in total. The van der Waals surface area contributed by atoms with Gasteiger partial charge in [-0.25, -0.2) is 4.79 Å². The lowest BCUT2D eigenvalue weighted by molar-refractivity contribution is -0.385. The van der Waals surface area contributed by atoms with Gasteiger partial charge in [0.05, 0.1) is 19.1 Å². The largest absolute Gasteiger partial charge is 0.493 e. The summed E-state index contributed by atoms with van der Waals surface area (Å²) < 4.78 is 18.2. The molecule has 0 fully saturated rings. The molecule has 0 N–H and O–H groups in total. The average molecular weight is 503 g/mol. The highest BCUT2D eigenvalue weighted by Gasteiger charge is 2.23. The molecule has 0 spiro atoms. The molecule has 0 bridgehead atoms. The van der Waals surface area contributed by atoms with Crippen LogP contribution in [0.3, 0.4) is 0 Å². The molecular formula is C28H26N2O7. The Kier molecular flexibility index (Phi) is 7.24. The predicted octanol–water partition coefficient (Wildman–Crippen LogP) is 5.54. The van der Waals surface area contributed by atoms with Crippen molar-refractivity contribution in [1.29, 1.82) is 0 Å². The number of hydrogen-bond acceptors (Lipinski definition) is 7. The van der Waals surface area contributed by atoms with Crippen molar-refractivity contribution < 1.29 is 28.7 Å². The van der Waals surface area contributed by atoms with Crippen LogP contribution in [-0.2, 0) is 13.0 Å². The minimum atomic E-state index is -0.847. The Morgan fingerprint density at radius 3 is 2.38 bits per heavy atom. The second-order valence-corrected chi connectivity index (χ2v) is 8.45. The van der Waals surface area contributed by atoms with Crippen molar-refractivity contribution in [2.45, 2.75) is 26.8 Å². The monoisotopic (exact) mass is 502 g/mol. The third-order valence-electron chi connectivity index (χ3n) is 6.25. The zero-order chi connectivity index (χ0) is 26.7. The van der Waals surface area contributed by atoms with Gasteiger partial charge in [0.15, 0.2) is 17.3 Å². The summed E-state index contributed by atoms with van der Waals surface area (Å²) in [5.74, 6) is 0.518. The van der Waals surface area contributed by atoms with Gasteiger partial charge >= 0.3 is 5.97 Å². The van der Waals surface area contributed by atoms with Gasteiger partial charge in [0.2, 0.25) is 0 Å². The van der Waals surface area contributed by atoms with Crippen LogP contribution in [0.2, 0.25) is 0 Å². The van der Waals surface area contributed by atoms with Gasteiger partial charge in [0, 0.05) is 34.8 Å². The van der Waals surface area contributed by atoms with Crippen molar-refractivity contribution in [3.05, 3.63) is 93.2 Å². The molecule has 9 heteroatoms. The van der Waals surface area contributed by atoms with Gasteiger partial charge in [-0.3, -0.25) is 14.9 Å². The van der Waals surface area contributed by atoms with Crippen molar-refractivity contribution in [3.63, 3.8) is 0 Å². The van der Waals surface area contributed by atoms with Crippen LogP contribution in [0.25, 0.3) is 10.9 Å². The maximum atomic E-state index is 12.7. The number of ketones is 1. The highest BCUT2D eigenvalue weighted by Crippen LogP contribution is 2.32. The molecule has 0 aliphatic rings. The molecule has 37 heavy (non-hydrogen) atoms. The van der Waals surface area contributed by atoms with Gasteiger partial charge in [-0.05, 0) is 62.2 Å². The number of Topliss-reactive ketones (excluding diaryl/α,β-unsaturated/α-hetero) is 1. The number of nitrogens with zero attached hydrogens (tertiary/aromatic N) is 2. The van der Waals surface area contributed by atoms with Crippen LogP contribution in [0.1, 0.15) is 38.9 Å². The van der Waals surface area contributed by atoms with Gasteiger partial charge in [-0.2, -0.15) is 0 Å². The van der Waals surface area contributed by atoms with Crippen LogP contribution < -0.4 is 14.2 Å². The third-order valence-corrected chi connectivity index (χ3v) is 6.25. The lowest BCUT2D eigenvalue weighted by Gasteiger charge is -2.12. The van der Waals surface area contributed by atoms with Gasteiger partial charge in [-0.1, -0.05) is 18.2 Å². The van der Waals surface area contributed by atoms with E-state index in [4.69, 9.17) is 14.2 Å². The molecule has 0 saturated carbocycles. The molecular weight excluding hydrogens is 476 g/mol. The van der Waals surface area contributed by atoms with E-state index in [1.807, 2.05) is 25.1 Å². The zero-order valence-corrected chi connectivity index (χ0v) is 20.9. The molecule has 4 rings (SSSR count). The first-order valence-corrected chi connectivity index (χ1v) is 11.6. The van der Waals surface area contributed by atoms with E-state index >= 15 is 0 Å². The Morgan fingerprint density at radius 1 is 0.973 bits per heavy atom. The predicted molar refractivity (Wildman–Crippen MR) is 138 cm³/mol. The molecule has 0 saturated heterocycles. The maximum Gasteiger partial charge on any atom is 0.350 e. The lowest BCUT2D eigenvalue weighted by Crippen LogP contribution is -2.11. The number of carbonyl (C=O) groups is 2. The summed E-state index contributed by atoms with van der Waals surface area (Å²) in [5, 5.41) is 11.9. The normalized spacial score (nSPS) is 10.8. The number of aryl methyl sites for hydroxylation is 2. The van der Waals surface area contributed by atoms with E-state index in [0.717, 1.165) is 16.8 Å². The smallest absolute Gasteiger partial charge is 0.350 e. The number of nitro groups is 1. The van der Waals surface area contributed by atoms with Crippen molar-refractivity contribution >= 4 is 28.3 Å². The number of hydrogen-bond donors (Lipinski definition) is 0. The molecule has 4 aromatic rings. The zero-order valence-electron chi connectivity index (χ0n) is 20.9. The van der Waals surface area contributed by atoms with Crippen LogP contribution >= 0.6 is 0 Å². The number of ether oxygens (including phenoxy) is 3. The number of carbonyl (C=O) groups excluding carboxylic acids is 2. The summed E-state index contributed by atoms with van der Waals surface area (Å²) in [6, 6.07) is 16.4. The van der Waals surface area contributed by atoms with Gasteiger partial charge in [-0.15, -0.1) is 0 Å². The first kappa shape index (κ1) is 25.4. The third kappa shape index (κ3) is 5.02. The van der Waals surface area contributed by atoms with Gasteiger partial charge in [0.1, 0.15) is 11.3 Å². The summed E-state index contributed by atoms with van der Waals surface area (Å²) in [6.45, 7) is 3.97. The second kappa shape index (κ2) is 10.5. The van der Waals surface area contributed by atoms with Crippen molar-refractivity contribution in [2.24, 2.45) is 0 Å². The average Bonchev–Trinajstić information content (AvgIpc) is 3.17. The number of aromatic nitrogens is 1. The Bertz CT molecular complexity index is 1520. The lowest BCUT2D eigenvalue weighted by atomic mass is 10.1. The first-order chi connectivity index (χ1) is 17.7. The standard InChI is InChI=1S/C28H26N2O7/c1-17-27(18(2)31)22-16-20(37-28(32)21-7-5-6-8-24(21)30(33)34)10-11-23(22)29(17)14-13-19-9-12-25(35-3)26(15-19)36-4/h5-12,15-16H,13-14H2,1-4H3. The number of benzene rings is 3. The second-order valence-electron chi connectivity index (χ2n) is 8.45. The summed E-state index contributed by atoms with van der Waals surface area (Å²) >= 11 is 0. The van der Waals surface area contributed by atoms with Crippen LogP contribution in [-0.4, -0.2) is 35.5 Å². The topological polar surface area (TPSA) is 110 Å². The fraction of sp³-hybridized carbons (Fsp3) is 0.214. The number of nitro benzene ring substituents is 1. The molecule has 0 aliphatic carbocycles. The quantitative estimate of drug-likeness (QED) is 0.0971. The SMILES string of the molecule is COc1ccc(CCn2c(C)c(C(C)=O)c3cc(OC(=O)c4ccccc4[N+](=O)[O-])ccc32)cc1OC. The molecule has 0 atom stereocenters. The summed E-state index contributed by atoms with van der Waals surface area (Å²) in [7, 11) is 3.17. The maximum absolute atomic E-state index is 12.7. The molecule has 0 unspecified atom stereocenters. The highest BCUT2D eigenvalue weighted by atomic mass is 16.6. The van der Waals surface area contributed by atoms with Crippen LogP contribution in [0, 0.1) is 17.0 Å². The Labute approximate surface area is 213 Å². The molecule has 190 valence electrons. The fourth-order valence-corrected chi connectivity index (χ4v) is 4.50. The van der Waals surface area contributed by atoms with Crippen LogP contribution in [0.4, 0.5) is 5.69 Å². The first-order valence-electron chi connectivity index (χ1n) is 11.6. The van der Waals surface area contributed by atoms with E-state index in [2.05, 4.69) is 4.57 Å². The highest BCUT2D eigenvalue weighted by molar-refractivity contribution is 6.09. The van der Waals surface area contributed by atoms with E-state index in [0.29, 0.717) is 35.4 Å². The molecule has 1 aromatic heterocycles. The number of rotatable bonds is 9. The molecule has 0 radical (unpaired) electrons. The number of methoxy groups -OCH3 is 2. The minimum Gasteiger partial charge on any atom is -0.493 e. The van der Waals surface area contributed by atoms with Crippen LogP contribution in [0.15, 0.2) is 60.7 Å². The van der Waals surface area contributed by atoms with Crippen LogP contribution in [0.5, 0.6) is 17.2 Å². The molecule has 0 amide bonds. The summed E-state index contributed by atoms with van der Waals surface area (Å²) in [4.78, 5) is 35.9.